The molecule has 0 fully saturated rings. The van der Waals surface area contributed by atoms with Gasteiger partial charge in [0.25, 0.3) is 0 Å². The SMILES string of the molecule is CCc1nn(C)c(CC(NC)c2ccc(F)cn2)c1Br. The van der Waals surface area contributed by atoms with Crippen LogP contribution in [0, 0.1) is 5.82 Å². The van der Waals surface area contributed by atoms with Gasteiger partial charge in [-0.25, -0.2) is 4.39 Å². The fourth-order valence-corrected chi connectivity index (χ4v) is 2.96. The molecule has 1 unspecified atom stereocenters. The van der Waals surface area contributed by atoms with Crippen molar-refractivity contribution in [2.75, 3.05) is 7.05 Å². The molecule has 1 atom stereocenters. The molecule has 0 saturated heterocycles. The van der Waals surface area contributed by atoms with E-state index in [2.05, 4.69) is 38.3 Å². The van der Waals surface area contributed by atoms with E-state index in [0.717, 1.165) is 34.4 Å². The van der Waals surface area contributed by atoms with Crippen LogP contribution in [0.25, 0.3) is 0 Å². The molecule has 0 saturated carbocycles. The molecule has 2 rings (SSSR count). The number of halogens is 2. The molecule has 0 aliphatic heterocycles. The first-order valence-corrected chi connectivity index (χ1v) is 7.35. The minimum absolute atomic E-state index is 0.0204. The Balaban J connectivity index is 2.26. The van der Waals surface area contributed by atoms with E-state index >= 15 is 0 Å². The van der Waals surface area contributed by atoms with Crippen molar-refractivity contribution in [1.29, 1.82) is 0 Å². The molecule has 2 heterocycles. The number of rotatable bonds is 5. The van der Waals surface area contributed by atoms with Crippen molar-refractivity contribution in [3.8, 4) is 0 Å². The molecule has 0 bridgehead atoms. The monoisotopic (exact) mass is 340 g/mol. The zero-order valence-electron chi connectivity index (χ0n) is 11.8. The summed E-state index contributed by atoms with van der Waals surface area (Å²) in [5, 5.41) is 7.71. The van der Waals surface area contributed by atoms with Crippen LogP contribution in [0.1, 0.15) is 30.0 Å². The van der Waals surface area contributed by atoms with Gasteiger partial charge < -0.3 is 5.32 Å². The van der Waals surface area contributed by atoms with Crippen molar-refractivity contribution in [2.24, 2.45) is 7.05 Å². The Kier molecular flexibility index (Phi) is 4.88. The number of likely N-dealkylation sites (N-methyl/N-ethyl adjacent to an activating group) is 1. The number of aromatic nitrogens is 3. The van der Waals surface area contributed by atoms with Gasteiger partial charge in [0.05, 0.1) is 33.8 Å². The fourth-order valence-electron chi connectivity index (χ4n) is 2.18. The molecule has 4 nitrogen and oxygen atoms in total. The first kappa shape index (κ1) is 15.1. The van der Waals surface area contributed by atoms with Crippen molar-refractivity contribution in [1.82, 2.24) is 20.1 Å². The van der Waals surface area contributed by atoms with Gasteiger partial charge in [0.15, 0.2) is 0 Å². The van der Waals surface area contributed by atoms with Gasteiger partial charge in [0, 0.05) is 13.5 Å². The maximum absolute atomic E-state index is 13.0. The van der Waals surface area contributed by atoms with Crippen molar-refractivity contribution in [3.63, 3.8) is 0 Å². The first-order valence-electron chi connectivity index (χ1n) is 6.55. The smallest absolute Gasteiger partial charge is 0.141 e. The topological polar surface area (TPSA) is 42.7 Å². The van der Waals surface area contributed by atoms with Crippen LogP contribution in [0.5, 0.6) is 0 Å². The first-order chi connectivity index (χ1) is 9.56. The lowest BCUT2D eigenvalue weighted by Crippen LogP contribution is -2.21. The minimum Gasteiger partial charge on any atom is -0.311 e. The van der Waals surface area contributed by atoms with Crippen LogP contribution in [0.15, 0.2) is 22.8 Å². The molecule has 2 aromatic heterocycles. The second kappa shape index (κ2) is 6.45. The van der Waals surface area contributed by atoms with E-state index in [1.807, 2.05) is 18.8 Å². The van der Waals surface area contributed by atoms with Gasteiger partial charge in [-0.1, -0.05) is 6.92 Å². The second-order valence-corrected chi connectivity index (χ2v) is 5.42. The Morgan fingerprint density at radius 2 is 2.20 bits per heavy atom. The molecule has 6 heteroatoms. The van der Waals surface area contributed by atoms with Gasteiger partial charge in [-0.05, 0) is 41.5 Å². The highest BCUT2D eigenvalue weighted by Gasteiger charge is 2.18. The van der Waals surface area contributed by atoms with E-state index in [-0.39, 0.29) is 11.9 Å². The van der Waals surface area contributed by atoms with Crippen LogP contribution < -0.4 is 5.32 Å². The minimum atomic E-state index is -0.321. The van der Waals surface area contributed by atoms with E-state index < -0.39 is 0 Å². The van der Waals surface area contributed by atoms with E-state index in [4.69, 9.17) is 0 Å². The summed E-state index contributed by atoms with van der Waals surface area (Å²) in [7, 11) is 3.81. The molecule has 20 heavy (non-hydrogen) atoms. The number of hydrogen-bond donors (Lipinski definition) is 1. The van der Waals surface area contributed by atoms with Crippen LogP contribution in [0.4, 0.5) is 4.39 Å². The normalized spacial score (nSPS) is 12.7. The Bertz CT molecular complexity index is 580. The van der Waals surface area contributed by atoms with E-state index in [1.54, 1.807) is 6.07 Å². The standard InChI is InChI=1S/C14H18BrFN4/c1-4-10-14(15)13(20(3)19-10)7-12(17-2)11-6-5-9(16)8-18-11/h5-6,8,12,17H,4,7H2,1-3H3. The second-order valence-electron chi connectivity index (χ2n) is 4.63. The third-order valence-corrected chi connectivity index (χ3v) is 4.27. The summed E-state index contributed by atoms with van der Waals surface area (Å²) in [4.78, 5) is 4.15. The summed E-state index contributed by atoms with van der Waals surface area (Å²) in [6, 6.07) is 3.16. The highest BCUT2D eigenvalue weighted by Crippen LogP contribution is 2.26. The quantitative estimate of drug-likeness (QED) is 0.909. The molecule has 108 valence electrons. The van der Waals surface area contributed by atoms with Gasteiger partial charge in [0.2, 0.25) is 0 Å². The average Bonchev–Trinajstić information content (AvgIpc) is 2.72. The summed E-state index contributed by atoms with van der Waals surface area (Å²) in [6.45, 7) is 2.08. The van der Waals surface area contributed by atoms with Gasteiger partial charge in [0.1, 0.15) is 5.82 Å². The summed E-state index contributed by atoms with van der Waals surface area (Å²) in [5.41, 5.74) is 2.97. The molecular weight excluding hydrogens is 323 g/mol. The maximum atomic E-state index is 13.0. The number of nitrogens with zero attached hydrogens (tertiary/aromatic N) is 3. The van der Waals surface area contributed by atoms with Crippen LogP contribution >= 0.6 is 15.9 Å². The zero-order chi connectivity index (χ0) is 14.7. The summed E-state index contributed by atoms with van der Waals surface area (Å²) in [5.74, 6) is -0.321. The molecule has 1 N–H and O–H groups in total. The molecule has 0 spiro atoms. The van der Waals surface area contributed by atoms with Crippen LogP contribution in [-0.2, 0) is 19.9 Å². The lowest BCUT2D eigenvalue weighted by Gasteiger charge is -2.16. The largest absolute Gasteiger partial charge is 0.311 e. The highest BCUT2D eigenvalue weighted by atomic mass is 79.9. The Morgan fingerprint density at radius 1 is 1.45 bits per heavy atom. The van der Waals surface area contributed by atoms with Crippen molar-refractivity contribution < 1.29 is 4.39 Å². The average molecular weight is 341 g/mol. The molecule has 0 aromatic carbocycles. The van der Waals surface area contributed by atoms with Crippen molar-refractivity contribution >= 4 is 15.9 Å². The van der Waals surface area contributed by atoms with Crippen molar-refractivity contribution in [3.05, 3.63) is 45.7 Å². The number of aryl methyl sites for hydroxylation is 2. The van der Waals surface area contributed by atoms with Gasteiger partial charge >= 0.3 is 0 Å². The van der Waals surface area contributed by atoms with Crippen LogP contribution in [-0.4, -0.2) is 21.8 Å². The van der Waals surface area contributed by atoms with Gasteiger partial charge in [-0.3, -0.25) is 9.67 Å². The summed E-state index contributed by atoms with van der Waals surface area (Å²) in [6.07, 6.45) is 2.86. The number of nitrogens with one attached hydrogen (secondary N) is 1. The van der Waals surface area contributed by atoms with E-state index in [9.17, 15) is 4.39 Å². The molecule has 0 aliphatic carbocycles. The zero-order valence-corrected chi connectivity index (χ0v) is 13.4. The van der Waals surface area contributed by atoms with Gasteiger partial charge in [-0.15, -0.1) is 0 Å². The molecule has 0 radical (unpaired) electrons. The molecule has 0 aliphatic rings. The van der Waals surface area contributed by atoms with E-state index in [1.165, 1.54) is 12.3 Å². The molecule has 0 amide bonds. The Labute approximate surface area is 126 Å². The number of pyridine rings is 1. The Morgan fingerprint density at radius 3 is 2.70 bits per heavy atom. The van der Waals surface area contributed by atoms with Crippen LogP contribution in [0.3, 0.4) is 0 Å². The van der Waals surface area contributed by atoms with Crippen LogP contribution in [0.2, 0.25) is 0 Å². The number of hydrogen-bond acceptors (Lipinski definition) is 3. The molecular formula is C14H18BrFN4. The predicted octanol–water partition coefficient (Wildman–Crippen LogP) is 2.78. The lowest BCUT2D eigenvalue weighted by molar-refractivity contribution is 0.542. The fraction of sp³-hybridized carbons (Fsp3) is 0.429. The van der Waals surface area contributed by atoms with E-state index in [0.29, 0.717) is 0 Å². The summed E-state index contributed by atoms with van der Waals surface area (Å²) >= 11 is 3.61. The summed E-state index contributed by atoms with van der Waals surface area (Å²) < 4.78 is 15.9. The third-order valence-electron chi connectivity index (χ3n) is 3.36. The Hall–Kier alpha value is -1.27. The predicted molar refractivity (Wildman–Crippen MR) is 80.0 cm³/mol. The lowest BCUT2D eigenvalue weighted by atomic mass is 10.1. The highest BCUT2D eigenvalue weighted by molar-refractivity contribution is 9.10. The van der Waals surface area contributed by atoms with Crippen molar-refractivity contribution in [2.45, 2.75) is 25.8 Å². The maximum Gasteiger partial charge on any atom is 0.141 e. The van der Waals surface area contributed by atoms with Gasteiger partial charge in [-0.2, -0.15) is 5.10 Å². The third kappa shape index (κ3) is 3.07. The molecule has 2 aromatic rings.